The predicted octanol–water partition coefficient (Wildman–Crippen LogP) is 2.65. The predicted molar refractivity (Wildman–Crippen MR) is 75.7 cm³/mol. The standard InChI is InChI=1S/C16H19NO4/c18-14(19)16-9-8-13(16)7-4-10-17(16)15(20)21-11-12-5-2-1-3-6-12/h1-3,5-6,13H,4,7-11H2,(H,18,19)/t13-,16+/m1/s1. The second-order valence-corrected chi connectivity index (χ2v) is 5.80. The van der Waals surface area contributed by atoms with Crippen LogP contribution in [-0.2, 0) is 16.1 Å². The molecular weight excluding hydrogens is 270 g/mol. The molecular formula is C16H19NO4. The van der Waals surface area contributed by atoms with Crippen LogP contribution in [0.4, 0.5) is 4.79 Å². The van der Waals surface area contributed by atoms with Crippen molar-refractivity contribution < 1.29 is 19.4 Å². The molecule has 1 saturated carbocycles. The number of carboxylic acid groups (broad SMARTS) is 1. The van der Waals surface area contributed by atoms with Crippen LogP contribution >= 0.6 is 0 Å². The number of ether oxygens (including phenoxy) is 1. The Morgan fingerprint density at radius 1 is 1.29 bits per heavy atom. The number of hydrogen-bond acceptors (Lipinski definition) is 3. The number of amides is 1. The van der Waals surface area contributed by atoms with E-state index in [0.717, 1.165) is 24.8 Å². The molecule has 5 nitrogen and oxygen atoms in total. The van der Waals surface area contributed by atoms with Crippen LogP contribution in [0.25, 0.3) is 0 Å². The van der Waals surface area contributed by atoms with Gasteiger partial charge < -0.3 is 9.84 Å². The number of likely N-dealkylation sites (tertiary alicyclic amines) is 1. The van der Waals surface area contributed by atoms with Gasteiger partial charge in [-0.05, 0) is 37.2 Å². The smallest absolute Gasteiger partial charge is 0.411 e. The molecule has 0 spiro atoms. The maximum atomic E-state index is 12.3. The summed E-state index contributed by atoms with van der Waals surface area (Å²) >= 11 is 0. The zero-order chi connectivity index (χ0) is 14.9. The number of piperidine rings is 1. The van der Waals surface area contributed by atoms with Gasteiger partial charge in [-0.1, -0.05) is 30.3 Å². The van der Waals surface area contributed by atoms with Gasteiger partial charge in [0, 0.05) is 6.54 Å². The fourth-order valence-corrected chi connectivity index (χ4v) is 3.50. The third-order valence-electron chi connectivity index (χ3n) is 4.76. The van der Waals surface area contributed by atoms with Gasteiger partial charge in [0.05, 0.1) is 0 Å². The highest BCUT2D eigenvalue weighted by Crippen LogP contribution is 2.49. The summed E-state index contributed by atoms with van der Waals surface area (Å²) in [5.74, 6) is -0.817. The first-order valence-electron chi connectivity index (χ1n) is 7.36. The number of nitrogens with zero attached hydrogens (tertiary/aromatic N) is 1. The molecule has 0 radical (unpaired) electrons. The van der Waals surface area contributed by atoms with Gasteiger partial charge in [0.15, 0.2) is 0 Å². The molecule has 1 saturated heterocycles. The van der Waals surface area contributed by atoms with Crippen LogP contribution in [0.1, 0.15) is 31.2 Å². The van der Waals surface area contributed by atoms with E-state index in [0.29, 0.717) is 13.0 Å². The SMILES string of the molecule is O=C(OCc1ccccc1)N1CCC[C@@H]2CC[C@@]21C(=O)O. The van der Waals surface area contributed by atoms with Crippen molar-refractivity contribution in [3.63, 3.8) is 0 Å². The number of fused-ring (bicyclic) bond motifs is 1. The van der Waals surface area contributed by atoms with E-state index in [2.05, 4.69) is 0 Å². The van der Waals surface area contributed by atoms with E-state index in [9.17, 15) is 14.7 Å². The van der Waals surface area contributed by atoms with Gasteiger partial charge in [-0.3, -0.25) is 4.90 Å². The lowest BCUT2D eigenvalue weighted by Crippen LogP contribution is -2.68. The van der Waals surface area contributed by atoms with Crippen molar-refractivity contribution in [2.45, 2.75) is 37.8 Å². The number of carboxylic acids is 1. The molecule has 5 heteroatoms. The minimum atomic E-state index is -1.02. The molecule has 3 rings (SSSR count). The summed E-state index contributed by atoms with van der Waals surface area (Å²) in [7, 11) is 0. The number of hydrogen-bond donors (Lipinski definition) is 1. The maximum absolute atomic E-state index is 12.3. The highest BCUT2D eigenvalue weighted by atomic mass is 16.6. The highest BCUT2D eigenvalue weighted by Gasteiger charge is 2.60. The van der Waals surface area contributed by atoms with Crippen molar-refractivity contribution in [2.24, 2.45) is 5.92 Å². The van der Waals surface area contributed by atoms with E-state index in [1.807, 2.05) is 30.3 Å². The van der Waals surface area contributed by atoms with Crippen LogP contribution in [0.2, 0.25) is 0 Å². The molecule has 112 valence electrons. The molecule has 1 heterocycles. The number of carbonyl (C=O) groups is 2. The number of benzene rings is 1. The fourth-order valence-electron chi connectivity index (χ4n) is 3.50. The molecule has 1 aromatic rings. The molecule has 0 aromatic heterocycles. The molecule has 2 fully saturated rings. The Morgan fingerprint density at radius 3 is 2.67 bits per heavy atom. The average Bonchev–Trinajstić information content (AvgIpc) is 2.46. The van der Waals surface area contributed by atoms with Gasteiger partial charge >= 0.3 is 12.1 Å². The molecule has 0 bridgehead atoms. The third-order valence-corrected chi connectivity index (χ3v) is 4.76. The van der Waals surface area contributed by atoms with Crippen LogP contribution < -0.4 is 0 Å². The Balaban J connectivity index is 1.69. The fraction of sp³-hybridized carbons (Fsp3) is 0.500. The molecule has 0 unspecified atom stereocenters. The van der Waals surface area contributed by atoms with E-state index in [1.165, 1.54) is 4.90 Å². The van der Waals surface area contributed by atoms with Crippen molar-refractivity contribution in [1.82, 2.24) is 4.90 Å². The third kappa shape index (κ3) is 2.26. The summed E-state index contributed by atoms with van der Waals surface area (Å²) in [6, 6.07) is 9.41. The molecule has 1 aliphatic carbocycles. The number of aliphatic carboxylic acids is 1. The molecule has 1 amide bonds. The van der Waals surface area contributed by atoms with Crippen molar-refractivity contribution in [2.75, 3.05) is 6.54 Å². The summed E-state index contributed by atoms with van der Waals surface area (Å²) in [4.78, 5) is 25.4. The normalized spacial score (nSPS) is 27.4. The monoisotopic (exact) mass is 289 g/mol. The first-order chi connectivity index (χ1) is 10.1. The van der Waals surface area contributed by atoms with Gasteiger partial charge in [-0.15, -0.1) is 0 Å². The van der Waals surface area contributed by atoms with Gasteiger partial charge in [0.1, 0.15) is 12.1 Å². The van der Waals surface area contributed by atoms with Gasteiger partial charge in [-0.2, -0.15) is 0 Å². The Kier molecular flexibility index (Phi) is 3.57. The zero-order valence-corrected chi connectivity index (χ0v) is 11.8. The van der Waals surface area contributed by atoms with Crippen LogP contribution in [0.15, 0.2) is 30.3 Å². The van der Waals surface area contributed by atoms with Crippen LogP contribution in [0.3, 0.4) is 0 Å². The Hall–Kier alpha value is -2.04. The summed E-state index contributed by atoms with van der Waals surface area (Å²) in [5.41, 5.74) is -0.121. The van der Waals surface area contributed by atoms with Crippen LogP contribution in [-0.4, -0.2) is 34.2 Å². The maximum Gasteiger partial charge on any atom is 0.411 e. The molecule has 1 aliphatic heterocycles. The summed E-state index contributed by atoms with van der Waals surface area (Å²) in [6.45, 7) is 0.646. The molecule has 2 aliphatic rings. The summed E-state index contributed by atoms with van der Waals surface area (Å²) < 4.78 is 5.32. The van der Waals surface area contributed by atoms with Crippen molar-refractivity contribution >= 4 is 12.1 Å². The van der Waals surface area contributed by atoms with E-state index in [-0.39, 0.29) is 12.5 Å². The topological polar surface area (TPSA) is 66.8 Å². The van der Waals surface area contributed by atoms with E-state index in [4.69, 9.17) is 4.74 Å². The highest BCUT2D eigenvalue weighted by molar-refractivity contribution is 5.86. The van der Waals surface area contributed by atoms with Crippen LogP contribution in [0, 0.1) is 5.92 Å². The Labute approximate surface area is 123 Å². The van der Waals surface area contributed by atoms with Crippen molar-refractivity contribution in [3.05, 3.63) is 35.9 Å². The zero-order valence-electron chi connectivity index (χ0n) is 11.8. The van der Waals surface area contributed by atoms with Crippen molar-refractivity contribution in [1.29, 1.82) is 0 Å². The number of carbonyl (C=O) groups excluding carboxylic acids is 1. The molecule has 2 atom stereocenters. The average molecular weight is 289 g/mol. The summed E-state index contributed by atoms with van der Waals surface area (Å²) in [6.07, 6.45) is 2.64. The quantitative estimate of drug-likeness (QED) is 0.929. The van der Waals surface area contributed by atoms with E-state index in [1.54, 1.807) is 0 Å². The largest absolute Gasteiger partial charge is 0.479 e. The van der Waals surface area contributed by atoms with E-state index >= 15 is 0 Å². The van der Waals surface area contributed by atoms with Crippen LogP contribution in [0.5, 0.6) is 0 Å². The lowest BCUT2D eigenvalue weighted by atomic mass is 9.61. The Bertz CT molecular complexity index is 544. The van der Waals surface area contributed by atoms with Gasteiger partial charge in [0.25, 0.3) is 0 Å². The summed E-state index contributed by atoms with van der Waals surface area (Å²) in [5, 5.41) is 9.57. The van der Waals surface area contributed by atoms with Gasteiger partial charge in [0.2, 0.25) is 0 Å². The van der Waals surface area contributed by atoms with E-state index < -0.39 is 17.6 Å². The van der Waals surface area contributed by atoms with Gasteiger partial charge in [-0.25, -0.2) is 9.59 Å². The Morgan fingerprint density at radius 2 is 2.05 bits per heavy atom. The van der Waals surface area contributed by atoms with Crippen molar-refractivity contribution in [3.8, 4) is 0 Å². The molecule has 1 N–H and O–H groups in total. The first kappa shape index (κ1) is 13.9. The second kappa shape index (κ2) is 5.39. The molecule has 1 aromatic carbocycles. The lowest BCUT2D eigenvalue weighted by Gasteiger charge is -2.55. The minimum absolute atomic E-state index is 0.0769. The second-order valence-electron chi connectivity index (χ2n) is 5.80. The first-order valence-corrected chi connectivity index (χ1v) is 7.36. The number of rotatable bonds is 3. The lowest BCUT2D eigenvalue weighted by molar-refractivity contribution is -0.168. The molecule has 21 heavy (non-hydrogen) atoms. The minimum Gasteiger partial charge on any atom is -0.479 e.